The van der Waals surface area contributed by atoms with E-state index in [4.69, 9.17) is 10.5 Å². The molecule has 42 heavy (non-hydrogen) atoms. The third-order valence-corrected chi connectivity index (χ3v) is 7.89. The fourth-order valence-electron chi connectivity index (χ4n) is 5.78. The summed E-state index contributed by atoms with van der Waals surface area (Å²) < 4.78 is 50.9. The van der Waals surface area contributed by atoms with Crippen LogP contribution in [0.1, 0.15) is 42.2 Å². The Bertz CT molecular complexity index is 1440. The lowest BCUT2D eigenvalue weighted by Crippen LogP contribution is -2.41. The molecule has 4 heterocycles. The molecule has 226 valence electrons. The van der Waals surface area contributed by atoms with Crippen molar-refractivity contribution >= 4 is 17.7 Å². The first-order valence-electron chi connectivity index (χ1n) is 13.7. The van der Waals surface area contributed by atoms with Gasteiger partial charge in [0.05, 0.1) is 11.4 Å². The molecular weight excluding hydrogens is 553 g/mol. The number of carboxylic acids is 1. The number of aromatic nitrogens is 4. The maximum absolute atomic E-state index is 14.6. The van der Waals surface area contributed by atoms with Gasteiger partial charge in [0, 0.05) is 44.0 Å². The first-order valence-corrected chi connectivity index (χ1v) is 13.7. The normalized spacial score (nSPS) is 19.4. The summed E-state index contributed by atoms with van der Waals surface area (Å²) >= 11 is 0. The molecule has 2 aromatic heterocycles. The number of ether oxygens (including phenoxy) is 1. The van der Waals surface area contributed by atoms with Gasteiger partial charge >= 0.3 is 12.1 Å². The van der Waals surface area contributed by atoms with Crippen molar-refractivity contribution in [1.29, 1.82) is 0 Å². The van der Waals surface area contributed by atoms with Gasteiger partial charge in [0.15, 0.2) is 0 Å². The number of nitrogens with zero attached hydrogens (tertiary/aromatic N) is 6. The molecule has 2 aliphatic rings. The number of carboxylic acid groups (broad SMARTS) is 1. The molecule has 0 amide bonds. The Balaban J connectivity index is 1.42. The van der Waals surface area contributed by atoms with Gasteiger partial charge in [-0.2, -0.15) is 28.2 Å². The van der Waals surface area contributed by atoms with Crippen molar-refractivity contribution in [1.82, 2.24) is 30.0 Å². The van der Waals surface area contributed by atoms with Crippen LogP contribution in [0.3, 0.4) is 0 Å². The Morgan fingerprint density at radius 1 is 1.24 bits per heavy atom. The van der Waals surface area contributed by atoms with Crippen LogP contribution in [-0.4, -0.2) is 81.7 Å². The van der Waals surface area contributed by atoms with E-state index in [1.807, 2.05) is 23.9 Å². The average Bonchev–Trinajstić information content (AvgIpc) is 3.53. The summed E-state index contributed by atoms with van der Waals surface area (Å²) in [5.41, 5.74) is 7.41. The number of rotatable bonds is 8. The molecule has 2 fully saturated rings. The Morgan fingerprint density at radius 3 is 2.57 bits per heavy atom. The van der Waals surface area contributed by atoms with Crippen molar-refractivity contribution in [3.05, 3.63) is 53.3 Å². The number of nitrogens with one attached hydrogen (secondary N) is 1. The lowest BCUT2D eigenvalue weighted by atomic mass is 9.76. The van der Waals surface area contributed by atoms with E-state index in [9.17, 15) is 23.1 Å². The molecule has 1 spiro atoms. The van der Waals surface area contributed by atoms with Crippen LogP contribution in [0.4, 0.5) is 24.9 Å². The van der Waals surface area contributed by atoms with Gasteiger partial charge in [0.1, 0.15) is 11.9 Å². The van der Waals surface area contributed by atoms with Crippen LogP contribution in [0, 0.1) is 12.3 Å². The molecule has 2 atom stereocenters. The maximum Gasteiger partial charge on any atom is 0.429 e. The summed E-state index contributed by atoms with van der Waals surface area (Å²) in [5.74, 6) is -1.01. The van der Waals surface area contributed by atoms with Crippen molar-refractivity contribution in [3.8, 4) is 11.6 Å². The Labute approximate surface area is 241 Å². The molecule has 2 unspecified atom stereocenters. The largest absolute Gasteiger partial charge is 0.480 e. The Kier molecular flexibility index (Phi) is 8.03. The van der Waals surface area contributed by atoms with Crippen LogP contribution in [0.2, 0.25) is 0 Å². The molecule has 14 heteroatoms. The average molecular weight is 589 g/mol. The van der Waals surface area contributed by atoms with Gasteiger partial charge in [-0.05, 0) is 63.4 Å². The number of nitrogen functional groups attached to an aromatic ring is 1. The zero-order valence-electron chi connectivity index (χ0n) is 23.7. The molecule has 0 aliphatic carbocycles. The van der Waals surface area contributed by atoms with Gasteiger partial charge in [-0.1, -0.05) is 12.1 Å². The number of piperidine rings is 1. The summed E-state index contributed by atoms with van der Waals surface area (Å²) in [6.07, 6.45) is -3.57. The molecule has 5 rings (SSSR count). The van der Waals surface area contributed by atoms with Gasteiger partial charge in [0.25, 0.3) is 0 Å². The van der Waals surface area contributed by atoms with Crippen molar-refractivity contribution < 1.29 is 27.8 Å². The van der Waals surface area contributed by atoms with E-state index < -0.39 is 24.3 Å². The number of aliphatic carboxylic acids is 1. The number of aryl methyl sites for hydroxylation is 1. The molecule has 11 nitrogen and oxygen atoms in total. The van der Waals surface area contributed by atoms with Crippen molar-refractivity contribution in [3.63, 3.8) is 0 Å². The molecular formula is C28H35F3N8O3. The van der Waals surface area contributed by atoms with E-state index in [1.165, 1.54) is 16.8 Å². The topological polar surface area (TPSA) is 135 Å². The van der Waals surface area contributed by atoms with Crippen LogP contribution < -0.4 is 20.7 Å². The van der Waals surface area contributed by atoms with Gasteiger partial charge < -0.3 is 30.7 Å². The number of benzene rings is 1. The molecule has 2 saturated heterocycles. The smallest absolute Gasteiger partial charge is 0.429 e. The molecule has 2 aliphatic heterocycles. The van der Waals surface area contributed by atoms with E-state index in [-0.39, 0.29) is 28.5 Å². The van der Waals surface area contributed by atoms with E-state index in [0.717, 1.165) is 5.56 Å². The quantitative estimate of drug-likeness (QED) is 0.360. The summed E-state index contributed by atoms with van der Waals surface area (Å²) in [7, 11) is 3.76. The molecule has 3 aromatic rings. The fraction of sp³-hybridized carbons (Fsp3) is 0.500. The van der Waals surface area contributed by atoms with Crippen LogP contribution in [0.25, 0.3) is 5.69 Å². The number of hydrogen-bond donors (Lipinski definition) is 3. The van der Waals surface area contributed by atoms with E-state index in [2.05, 4.69) is 20.4 Å². The maximum atomic E-state index is 14.6. The monoisotopic (exact) mass is 588 g/mol. The molecule has 0 saturated carbocycles. The predicted molar refractivity (Wildman–Crippen MR) is 149 cm³/mol. The van der Waals surface area contributed by atoms with Gasteiger partial charge in [0.2, 0.25) is 17.9 Å². The second-order valence-electron chi connectivity index (χ2n) is 11.5. The zero-order chi connectivity index (χ0) is 30.2. The lowest BCUT2D eigenvalue weighted by Gasteiger charge is -2.39. The first-order chi connectivity index (χ1) is 19.8. The van der Waals surface area contributed by atoms with Crippen LogP contribution in [0.15, 0.2) is 36.5 Å². The summed E-state index contributed by atoms with van der Waals surface area (Å²) in [6.45, 7) is 3.99. The molecule has 4 N–H and O–H groups in total. The van der Waals surface area contributed by atoms with E-state index >= 15 is 0 Å². The summed E-state index contributed by atoms with van der Waals surface area (Å²) in [4.78, 5) is 23.5. The highest BCUT2D eigenvalue weighted by atomic mass is 19.4. The Morgan fingerprint density at radius 2 is 1.98 bits per heavy atom. The Hall–Kier alpha value is -3.91. The summed E-state index contributed by atoms with van der Waals surface area (Å²) in [5, 5.41) is 16.8. The highest BCUT2D eigenvalue weighted by Crippen LogP contribution is 2.42. The zero-order valence-corrected chi connectivity index (χ0v) is 23.7. The van der Waals surface area contributed by atoms with Crippen molar-refractivity contribution in [2.45, 2.75) is 51.1 Å². The number of hydrogen-bond acceptors (Lipinski definition) is 9. The number of alkyl halides is 3. The van der Waals surface area contributed by atoms with Crippen LogP contribution in [0.5, 0.6) is 5.88 Å². The van der Waals surface area contributed by atoms with Gasteiger partial charge in [-0.3, -0.25) is 4.79 Å². The molecule has 0 radical (unpaired) electrons. The second-order valence-corrected chi connectivity index (χ2v) is 11.5. The van der Waals surface area contributed by atoms with Crippen molar-refractivity contribution in [2.75, 3.05) is 44.4 Å². The number of halogens is 3. The minimum atomic E-state index is -4.78. The number of nitrogens with two attached hydrogens (primary N) is 1. The van der Waals surface area contributed by atoms with E-state index in [1.54, 1.807) is 31.3 Å². The van der Waals surface area contributed by atoms with Crippen molar-refractivity contribution in [2.24, 2.45) is 5.41 Å². The number of anilines is 2. The molecule has 1 aromatic carbocycles. The lowest BCUT2D eigenvalue weighted by molar-refractivity contribution is -0.198. The first kappa shape index (κ1) is 29.6. The standard InChI is InChI=1S/C28H35F3N8O3/c1-17-6-9-39(36-17)21-12-18(15-37(2)3)4-5-19(21)24(28(29,30)31)42-23-13-22(34-26(32)35-23)38-10-7-27(8-11-38)14-20(25(40)41)33-16-27/h4-6,9,12-13,20,24,33H,7-8,10-11,14-16H2,1-3H3,(H,40,41)(H2,32,34,35). The molecule has 0 bridgehead atoms. The summed E-state index contributed by atoms with van der Waals surface area (Å²) in [6, 6.07) is 7.26. The van der Waals surface area contributed by atoms with E-state index in [0.29, 0.717) is 57.0 Å². The minimum absolute atomic E-state index is 0.117. The minimum Gasteiger partial charge on any atom is -0.480 e. The second kappa shape index (κ2) is 11.4. The predicted octanol–water partition coefficient (Wildman–Crippen LogP) is 3.33. The van der Waals surface area contributed by atoms with Gasteiger partial charge in [-0.15, -0.1) is 0 Å². The fourth-order valence-corrected chi connectivity index (χ4v) is 5.78. The highest BCUT2D eigenvalue weighted by molar-refractivity contribution is 5.74. The van der Waals surface area contributed by atoms with Gasteiger partial charge in [-0.25, -0.2) is 4.68 Å². The van der Waals surface area contributed by atoms with Crippen LogP contribution >= 0.6 is 0 Å². The third kappa shape index (κ3) is 6.44. The SMILES string of the molecule is Cc1ccn(-c2cc(CN(C)C)ccc2C(Oc2cc(N3CCC4(CC3)CNC(C(=O)O)C4)nc(N)n2)C(F)(F)F)n1. The third-order valence-electron chi connectivity index (χ3n) is 7.89. The highest BCUT2D eigenvalue weighted by Gasteiger charge is 2.46. The number of carbonyl (C=O) groups is 1. The van der Waals surface area contributed by atoms with Crippen LogP contribution in [-0.2, 0) is 11.3 Å².